The molecule has 0 bridgehead atoms. The molecule has 0 fully saturated rings. The van der Waals surface area contributed by atoms with Gasteiger partial charge in [-0.05, 0) is 43.7 Å². The van der Waals surface area contributed by atoms with Crippen molar-refractivity contribution in [1.29, 1.82) is 0 Å². The number of halogens is 1. The minimum Gasteiger partial charge on any atom is -0.508 e. The zero-order valence-electron chi connectivity index (χ0n) is 13.9. The third kappa shape index (κ3) is 3.30. The van der Waals surface area contributed by atoms with E-state index in [-0.39, 0.29) is 5.75 Å². The first kappa shape index (κ1) is 18.0. The van der Waals surface area contributed by atoms with Crippen LogP contribution < -0.4 is 5.32 Å². The lowest BCUT2D eigenvalue weighted by molar-refractivity contribution is 0.187. The molecule has 3 N–H and O–H groups in total. The third-order valence-electron chi connectivity index (χ3n) is 4.06. The van der Waals surface area contributed by atoms with Gasteiger partial charge < -0.3 is 20.1 Å². The summed E-state index contributed by atoms with van der Waals surface area (Å²) < 4.78 is 6.40. The van der Waals surface area contributed by atoms with Crippen molar-refractivity contribution in [2.24, 2.45) is 0 Å². The van der Waals surface area contributed by atoms with Gasteiger partial charge in [-0.3, -0.25) is 0 Å². The fourth-order valence-electron chi connectivity index (χ4n) is 2.90. The number of benzene rings is 2. The normalized spacial score (nSPS) is 13.2. The summed E-state index contributed by atoms with van der Waals surface area (Å²) in [5.41, 5.74) is 0.744. The second-order valence-corrected chi connectivity index (χ2v) is 6.78. The van der Waals surface area contributed by atoms with Crippen molar-refractivity contribution in [2.75, 3.05) is 0 Å². The first-order valence-electron chi connectivity index (χ1n) is 7.70. The Kier molecular flexibility index (Phi) is 4.73. The van der Waals surface area contributed by atoms with Gasteiger partial charge in [-0.25, -0.2) is 4.79 Å². The van der Waals surface area contributed by atoms with E-state index in [0.717, 1.165) is 10.0 Å². The van der Waals surface area contributed by atoms with Crippen molar-refractivity contribution in [3.63, 3.8) is 0 Å². The van der Waals surface area contributed by atoms with Crippen molar-refractivity contribution in [3.8, 4) is 17.1 Å². The molecule has 0 saturated carbocycles. The van der Waals surface area contributed by atoms with Crippen molar-refractivity contribution >= 4 is 22.0 Å². The van der Waals surface area contributed by atoms with Gasteiger partial charge in [0, 0.05) is 10.0 Å². The van der Waals surface area contributed by atoms with Crippen molar-refractivity contribution in [3.05, 3.63) is 76.7 Å². The molecule has 1 aromatic heterocycles. The van der Waals surface area contributed by atoms with Crippen LogP contribution in [0, 0.1) is 13.8 Å². The van der Waals surface area contributed by atoms with Gasteiger partial charge in [0.1, 0.15) is 5.75 Å². The van der Waals surface area contributed by atoms with E-state index >= 15 is 0 Å². The minimum absolute atomic E-state index is 0.00186. The highest BCUT2D eigenvalue weighted by atomic mass is 79.9. The molecule has 1 amide bonds. The summed E-state index contributed by atoms with van der Waals surface area (Å²) in [5, 5.41) is 25.7. The summed E-state index contributed by atoms with van der Waals surface area (Å²) in [7, 11) is 0. The van der Waals surface area contributed by atoms with Crippen LogP contribution >= 0.6 is 15.9 Å². The number of aryl methyl sites for hydroxylation is 1. The number of phenolic OH excluding ortho intramolecular Hbond substituents is 1. The molecule has 6 nitrogen and oxygen atoms in total. The number of phenols is 1. The third-order valence-corrected chi connectivity index (χ3v) is 4.58. The molecule has 133 valence electrons. The van der Waals surface area contributed by atoms with Gasteiger partial charge in [-0.15, -0.1) is 0 Å². The standard InChI is InChI=1S/C19H16BrN2O4/c1-11-16(17(26-22-11)12-6-8-14(20)9-7-12)19(2,21-18(24)25)13-4-3-5-15(23)10-13/h3-10,21,23H,2H2,1H3,(H,24,25). The van der Waals surface area contributed by atoms with Crippen LogP contribution in [0.1, 0.15) is 16.8 Å². The molecular formula is C19H16BrN2O4. The van der Waals surface area contributed by atoms with E-state index in [1.807, 2.05) is 24.3 Å². The largest absolute Gasteiger partial charge is 0.508 e. The fourth-order valence-corrected chi connectivity index (χ4v) is 3.17. The zero-order valence-corrected chi connectivity index (χ0v) is 15.4. The van der Waals surface area contributed by atoms with E-state index in [0.29, 0.717) is 22.6 Å². The maximum Gasteiger partial charge on any atom is 0.405 e. The van der Waals surface area contributed by atoms with Gasteiger partial charge in [0.15, 0.2) is 5.76 Å². The van der Waals surface area contributed by atoms with Crippen LogP contribution in [-0.2, 0) is 5.54 Å². The molecule has 0 saturated heterocycles. The molecule has 7 heteroatoms. The number of hydrogen-bond acceptors (Lipinski definition) is 4. The van der Waals surface area contributed by atoms with Crippen molar-refractivity contribution < 1.29 is 19.5 Å². The highest BCUT2D eigenvalue weighted by molar-refractivity contribution is 9.10. The average Bonchev–Trinajstić information content (AvgIpc) is 2.97. The van der Waals surface area contributed by atoms with Crippen LogP contribution in [0.3, 0.4) is 0 Å². The van der Waals surface area contributed by atoms with Gasteiger partial charge in [-0.1, -0.05) is 45.4 Å². The van der Waals surface area contributed by atoms with E-state index in [9.17, 15) is 15.0 Å². The van der Waals surface area contributed by atoms with Crippen LogP contribution in [0.2, 0.25) is 0 Å². The quantitative estimate of drug-likeness (QED) is 0.584. The highest BCUT2D eigenvalue weighted by Gasteiger charge is 2.38. The number of hydrogen-bond donors (Lipinski definition) is 3. The number of nitrogens with zero attached hydrogens (tertiary/aromatic N) is 1. The van der Waals surface area contributed by atoms with Gasteiger partial charge in [0.05, 0.1) is 16.8 Å². The second-order valence-electron chi connectivity index (χ2n) is 5.86. The summed E-state index contributed by atoms with van der Waals surface area (Å²) in [6.07, 6.45) is -1.26. The number of carbonyl (C=O) groups is 1. The van der Waals surface area contributed by atoms with Gasteiger partial charge in [0.2, 0.25) is 0 Å². The number of carboxylic acid groups (broad SMARTS) is 1. The Morgan fingerprint density at radius 2 is 1.96 bits per heavy atom. The smallest absolute Gasteiger partial charge is 0.405 e. The minimum atomic E-state index is -1.42. The summed E-state index contributed by atoms with van der Waals surface area (Å²) in [4.78, 5) is 11.5. The monoisotopic (exact) mass is 415 g/mol. The maximum atomic E-state index is 11.5. The van der Waals surface area contributed by atoms with Crippen molar-refractivity contribution in [2.45, 2.75) is 12.5 Å². The first-order valence-corrected chi connectivity index (χ1v) is 8.49. The van der Waals surface area contributed by atoms with Crippen LogP contribution in [0.4, 0.5) is 4.79 Å². The molecule has 0 spiro atoms. The number of rotatable bonds is 4. The average molecular weight is 416 g/mol. The van der Waals surface area contributed by atoms with E-state index in [1.165, 1.54) is 12.1 Å². The molecule has 1 unspecified atom stereocenters. The fraction of sp³-hybridized carbons (Fsp3) is 0.105. The molecule has 1 atom stereocenters. The lowest BCUT2D eigenvalue weighted by atomic mass is 9.82. The molecule has 3 rings (SSSR count). The van der Waals surface area contributed by atoms with E-state index in [1.54, 1.807) is 19.1 Å². The molecular weight excluding hydrogens is 400 g/mol. The summed E-state index contributed by atoms with van der Waals surface area (Å²) >= 11 is 3.38. The summed E-state index contributed by atoms with van der Waals surface area (Å²) in [5.74, 6) is 0.407. The molecule has 0 aliphatic heterocycles. The molecule has 1 heterocycles. The van der Waals surface area contributed by atoms with Crippen LogP contribution in [-0.4, -0.2) is 21.5 Å². The predicted molar refractivity (Wildman–Crippen MR) is 99.8 cm³/mol. The van der Waals surface area contributed by atoms with Crippen LogP contribution in [0.25, 0.3) is 11.3 Å². The Morgan fingerprint density at radius 3 is 2.58 bits per heavy atom. The summed E-state index contributed by atoms with van der Waals surface area (Å²) in [6.45, 7) is 5.83. The van der Waals surface area contributed by atoms with Gasteiger partial charge in [0.25, 0.3) is 0 Å². The molecule has 0 aliphatic rings. The number of nitrogens with one attached hydrogen (secondary N) is 1. The maximum absolute atomic E-state index is 11.5. The second kappa shape index (κ2) is 6.84. The van der Waals surface area contributed by atoms with Crippen molar-refractivity contribution in [1.82, 2.24) is 10.5 Å². The topological polar surface area (TPSA) is 95.6 Å². The zero-order chi connectivity index (χ0) is 18.9. The van der Waals surface area contributed by atoms with E-state index in [4.69, 9.17) is 4.52 Å². The Hall–Kier alpha value is -2.80. The number of aromatic nitrogens is 1. The summed E-state index contributed by atoms with van der Waals surface area (Å²) in [6, 6.07) is 13.6. The molecule has 3 aromatic rings. The Balaban J connectivity index is 2.24. The molecule has 26 heavy (non-hydrogen) atoms. The lowest BCUT2D eigenvalue weighted by Gasteiger charge is -2.30. The van der Waals surface area contributed by atoms with Crippen LogP contribution in [0.15, 0.2) is 57.5 Å². The Bertz CT molecular complexity index is 952. The number of amides is 1. The lowest BCUT2D eigenvalue weighted by Crippen LogP contribution is -2.44. The SMILES string of the molecule is [CH2]C(NC(=O)O)(c1cccc(O)c1)c1c(C)noc1-c1ccc(Br)cc1. The Morgan fingerprint density at radius 1 is 1.27 bits per heavy atom. The van der Waals surface area contributed by atoms with Crippen LogP contribution in [0.5, 0.6) is 5.75 Å². The highest BCUT2D eigenvalue weighted by Crippen LogP contribution is 2.39. The molecule has 0 aliphatic carbocycles. The van der Waals surface area contributed by atoms with Gasteiger partial charge in [-0.2, -0.15) is 0 Å². The first-order chi connectivity index (χ1) is 12.3. The number of aromatic hydroxyl groups is 1. The molecule has 2 aromatic carbocycles. The van der Waals surface area contributed by atoms with E-state index < -0.39 is 11.6 Å². The van der Waals surface area contributed by atoms with E-state index in [2.05, 4.69) is 33.3 Å². The van der Waals surface area contributed by atoms with Gasteiger partial charge >= 0.3 is 6.09 Å². The Labute approximate surface area is 158 Å². The molecule has 1 radical (unpaired) electrons. The predicted octanol–water partition coefficient (Wildman–Crippen LogP) is 4.46.